The summed E-state index contributed by atoms with van der Waals surface area (Å²) >= 11 is 0. The molecule has 0 atom stereocenters. The van der Waals surface area contributed by atoms with E-state index in [0.717, 1.165) is 33.8 Å². The lowest BCUT2D eigenvalue weighted by molar-refractivity contribution is -0.105. The van der Waals surface area contributed by atoms with E-state index in [0.29, 0.717) is 17.7 Å². The number of rotatable bonds is 9. The molecule has 0 saturated heterocycles. The topological polar surface area (TPSA) is 70.7 Å². The smallest absolute Gasteiger partial charge is 0.338 e. The summed E-state index contributed by atoms with van der Waals surface area (Å²) in [5.41, 5.74) is 6.56. The lowest BCUT2D eigenvalue weighted by Crippen LogP contribution is -2.09. The number of ether oxygens (including phenoxy) is 1. The minimum absolute atomic E-state index is 0.282. The van der Waals surface area contributed by atoms with Gasteiger partial charge in [-0.05, 0) is 61.4 Å². The largest absolute Gasteiger partial charge is 0.462 e. The van der Waals surface area contributed by atoms with Gasteiger partial charge < -0.3 is 20.3 Å². The Labute approximate surface area is 194 Å². The average Bonchev–Trinajstić information content (AvgIpc) is 2.83. The molecule has 3 aromatic carbocycles. The van der Waals surface area contributed by atoms with E-state index in [2.05, 4.69) is 10.6 Å². The van der Waals surface area contributed by atoms with Crippen molar-refractivity contribution >= 4 is 40.7 Å². The number of amides is 1. The van der Waals surface area contributed by atoms with Gasteiger partial charge in [-0.25, -0.2) is 4.79 Å². The maximum absolute atomic E-state index is 12.2. The molecule has 6 nitrogen and oxygen atoms in total. The van der Waals surface area contributed by atoms with E-state index in [1.165, 1.54) is 0 Å². The van der Waals surface area contributed by atoms with Gasteiger partial charge in [-0.2, -0.15) is 0 Å². The Kier molecular flexibility index (Phi) is 7.86. The number of benzene rings is 3. The quantitative estimate of drug-likeness (QED) is 0.260. The van der Waals surface area contributed by atoms with E-state index in [1.54, 1.807) is 19.1 Å². The highest BCUT2D eigenvalue weighted by Crippen LogP contribution is 2.33. The van der Waals surface area contributed by atoms with Crippen LogP contribution in [0.2, 0.25) is 0 Å². The highest BCUT2D eigenvalue weighted by molar-refractivity contribution is 6.00. The zero-order valence-electron chi connectivity index (χ0n) is 19.4. The molecule has 1 amide bonds. The van der Waals surface area contributed by atoms with Crippen LogP contribution in [0.25, 0.3) is 11.3 Å². The minimum atomic E-state index is -0.429. The van der Waals surface area contributed by atoms with E-state index in [4.69, 9.17) is 4.74 Å². The first-order valence-corrected chi connectivity index (χ1v) is 10.8. The number of hydrogen-bond acceptors (Lipinski definition) is 5. The third kappa shape index (κ3) is 5.80. The molecule has 33 heavy (non-hydrogen) atoms. The molecule has 0 bridgehead atoms. The Balaban J connectivity index is 2.09. The molecule has 0 aromatic heterocycles. The van der Waals surface area contributed by atoms with Crippen molar-refractivity contribution in [2.45, 2.75) is 13.8 Å². The van der Waals surface area contributed by atoms with Crippen molar-refractivity contribution in [3.8, 4) is 0 Å². The van der Waals surface area contributed by atoms with Crippen LogP contribution in [0, 0.1) is 0 Å². The molecule has 0 fully saturated rings. The van der Waals surface area contributed by atoms with E-state index >= 15 is 0 Å². The van der Waals surface area contributed by atoms with Crippen LogP contribution in [0.5, 0.6) is 0 Å². The molecular weight excluding hydrogens is 414 g/mol. The van der Waals surface area contributed by atoms with Crippen LogP contribution in [0.4, 0.5) is 17.1 Å². The molecule has 3 rings (SSSR count). The lowest BCUT2D eigenvalue weighted by Gasteiger charge is -2.19. The monoisotopic (exact) mass is 443 g/mol. The van der Waals surface area contributed by atoms with Gasteiger partial charge in [0.15, 0.2) is 0 Å². The van der Waals surface area contributed by atoms with Crippen molar-refractivity contribution in [3.05, 3.63) is 89.5 Å². The van der Waals surface area contributed by atoms with E-state index < -0.39 is 5.97 Å². The van der Waals surface area contributed by atoms with Gasteiger partial charge in [0.2, 0.25) is 6.41 Å². The van der Waals surface area contributed by atoms with Gasteiger partial charge in [0.25, 0.3) is 0 Å². The Bertz CT molecular complexity index is 1140. The fraction of sp³-hybridized carbons (Fsp3) is 0.185. The predicted octanol–water partition coefficient (Wildman–Crippen LogP) is 5.50. The number of nitrogens with zero attached hydrogens (tertiary/aromatic N) is 1. The van der Waals surface area contributed by atoms with Crippen molar-refractivity contribution in [3.63, 3.8) is 0 Å². The second-order valence-electron chi connectivity index (χ2n) is 7.68. The normalized spacial score (nSPS) is 11.3. The van der Waals surface area contributed by atoms with Gasteiger partial charge in [0.1, 0.15) is 0 Å². The van der Waals surface area contributed by atoms with Gasteiger partial charge in [-0.1, -0.05) is 36.4 Å². The zero-order valence-corrected chi connectivity index (χ0v) is 19.4. The number of carbonyl (C=O) groups is 2. The molecule has 2 N–H and O–H groups in total. The number of anilines is 3. The first-order valence-electron chi connectivity index (χ1n) is 10.8. The maximum Gasteiger partial charge on any atom is 0.338 e. The highest BCUT2D eigenvalue weighted by atomic mass is 16.5. The van der Waals surface area contributed by atoms with E-state index in [-0.39, 0.29) is 6.61 Å². The molecule has 0 aliphatic rings. The summed E-state index contributed by atoms with van der Waals surface area (Å²) in [6, 6.07) is 23.3. The molecule has 170 valence electrons. The fourth-order valence-corrected chi connectivity index (χ4v) is 3.50. The van der Waals surface area contributed by atoms with Gasteiger partial charge in [0, 0.05) is 42.4 Å². The van der Waals surface area contributed by atoms with Gasteiger partial charge >= 0.3 is 5.97 Å². The van der Waals surface area contributed by atoms with Crippen molar-refractivity contribution in [1.82, 2.24) is 0 Å². The van der Waals surface area contributed by atoms with Crippen LogP contribution in [-0.2, 0) is 9.53 Å². The van der Waals surface area contributed by atoms with Crippen LogP contribution in [0.15, 0.2) is 72.8 Å². The second-order valence-corrected chi connectivity index (χ2v) is 7.68. The first-order chi connectivity index (χ1) is 15.9. The summed E-state index contributed by atoms with van der Waals surface area (Å²) in [5, 5.41) is 6.27. The Morgan fingerprint density at radius 1 is 0.970 bits per heavy atom. The molecule has 0 unspecified atom stereocenters. The molecule has 3 aromatic rings. The van der Waals surface area contributed by atoms with E-state index in [9.17, 15) is 9.59 Å². The molecule has 6 heteroatoms. The number of carbonyl (C=O) groups excluding carboxylic acids is 2. The van der Waals surface area contributed by atoms with Crippen molar-refractivity contribution in [2.24, 2.45) is 0 Å². The number of allylic oxidation sites excluding steroid dienone is 1. The van der Waals surface area contributed by atoms with Crippen LogP contribution in [0.1, 0.15) is 35.3 Å². The van der Waals surface area contributed by atoms with Crippen LogP contribution in [-0.4, -0.2) is 33.1 Å². The average molecular weight is 444 g/mol. The van der Waals surface area contributed by atoms with Gasteiger partial charge in [-0.3, -0.25) is 4.79 Å². The van der Waals surface area contributed by atoms with Gasteiger partial charge in [-0.15, -0.1) is 0 Å². The van der Waals surface area contributed by atoms with Crippen LogP contribution >= 0.6 is 0 Å². The number of esters is 1. The third-order valence-corrected chi connectivity index (χ3v) is 5.24. The summed E-state index contributed by atoms with van der Waals surface area (Å²) < 4.78 is 5.10. The summed E-state index contributed by atoms with van der Waals surface area (Å²) in [6.07, 6.45) is 0.608. The van der Waals surface area contributed by atoms with Crippen LogP contribution in [0.3, 0.4) is 0 Å². The third-order valence-electron chi connectivity index (χ3n) is 5.24. The molecule has 0 aliphatic heterocycles. The second kappa shape index (κ2) is 11.0. The first kappa shape index (κ1) is 23.6. The lowest BCUT2D eigenvalue weighted by atomic mass is 9.97. The highest BCUT2D eigenvalue weighted by Gasteiger charge is 2.15. The summed E-state index contributed by atoms with van der Waals surface area (Å²) in [6.45, 7) is 4.02. The predicted molar refractivity (Wildman–Crippen MR) is 135 cm³/mol. The van der Waals surface area contributed by atoms with Crippen LogP contribution < -0.4 is 15.5 Å². The fourth-order valence-electron chi connectivity index (χ4n) is 3.50. The molecule has 0 saturated carbocycles. The van der Waals surface area contributed by atoms with Crippen molar-refractivity contribution in [1.29, 1.82) is 0 Å². The van der Waals surface area contributed by atoms with Crippen molar-refractivity contribution < 1.29 is 14.3 Å². The SMILES string of the molecule is CCOC(=O)c1ccc(/C(C)=C(/Nc2ccc(N(C)C)cc2)c2ccccc2)c(NC=O)c1. The Hall–Kier alpha value is -4.06. The zero-order chi connectivity index (χ0) is 23.8. The number of nitrogens with one attached hydrogen (secondary N) is 2. The summed E-state index contributed by atoms with van der Waals surface area (Å²) in [7, 11) is 4.01. The standard InChI is InChI=1S/C27H29N3O3/c1-5-33-27(32)21-11-16-24(25(17-21)28-18-31)19(2)26(20-9-7-6-8-10-20)29-22-12-14-23(15-13-22)30(3)4/h6-18,29H,5H2,1-4H3,(H,28,31)/b26-19+. The maximum atomic E-state index is 12.2. The van der Waals surface area contributed by atoms with E-state index in [1.807, 2.05) is 86.6 Å². The van der Waals surface area contributed by atoms with Gasteiger partial charge in [0.05, 0.1) is 12.2 Å². The Morgan fingerprint density at radius 3 is 2.27 bits per heavy atom. The number of hydrogen-bond donors (Lipinski definition) is 2. The Morgan fingerprint density at radius 2 is 1.67 bits per heavy atom. The molecule has 0 aliphatic carbocycles. The molecule has 0 radical (unpaired) electrons. The minimum Gasteiger partial charge on any atom is -0.462 e. The molecular formula is C27H29N3O3. The molecule has 0 heterocycles. The molecule has 0 spiro atoms. The summed E-state index contributed by atoms with van der Waals surface area (Å²) in [5.74, 6) is -0.429. The summed E-state index contributed by atoms with van der Waals surface area (Å²) in [4.78, 5) is 25.5. The van der Waals surface area contributed by atoms with Crippen molar-refractivity contribution in [2.75, 3.05) is 36.2 Å².